The number of hydrogen-bond donors (Lipinski definition) is 0. The summed E-state index contributed by atoms with van der Waals surface area (Å²) in [6, 6.07) is 15.0. The highest BCUT2D eigenvalue weighted by atomic mass is 16.5. The molecule has 1 fully saturated rings. The number of piperazine rings is 1. The summed E-state index contributed by atoms with van der Waals surface area (Å²) in [6.45, 7) is 13.6. The molecule has 0 radical (unpaired) electrons. The van der Waals surface area contributed by atoms with E-state index in [1.165, 1.54) is 0 Å². The van der Waals surface area contributed by atoms with Crippen molar-refractivity contribution in [3.8, 4) is 11.4 Å². The summed E-state index contributed by atoms with van der Waals surface area (Å²) in [4.78, 5) is 35.7. The largest absolute Gasteiger partial charge is 0.492 e. The van der Waals surface area contributed by atoms with E-state index in [0.717, 1.165) is 13.1 Å². The average molecular weight is 477 g/mol. The standard InChI is InChI=1S/C28H36N4O3/c1-6-35-24-14-10-9-13-23(24)32-26(29-22-12-8-7-11-21(22)27(32)34)20(2)30-15-17-31(18-16-30)25(33)19-28(3,4)5/h7-14,20H,6,15-19H2,1-5H3. The lowest BCUT2D eigenvalue weighted by Crippen LogP contribution is -2.50. The zero-order valence-corrected chi connectivity index (χ0v) is 21.5. The molecule has 1 unspecified atom stereocenters. The van der Waals surface area contributed by atoms with E-state index in [0.29, 0.717) is 54.3 Å². The molecule has 1 aromatic heterocycles. The molecule has 4 rings (SSSR count). The van der Waals surface area contributed by atoms with Crippen molar-refractivity contribution in [3.05, 3.63) is 64.7 Å². The Morgan fingerprint density at radius 3 is 2.37 bits per heavy atom. The van der Waals surface area contributed by atoms with Gasteiger partial charge in [0.25, 0.3) is 5.56 Å². The van der Waals surface area contributed by atoms with Gasteiger partial charge in [-0.25, -0.2) is 4.98 Å². The summed E-state index contributed by atoms with van der Waals surface area (Å²) in [5, 5.41) is 0.576. The molecule has 0 aliphatic carbocycles. The molecular weight excluding hydrogens is 440 g/mol. The summed E-state index contributed by atoms with van der Waals surface area (Å²) < 4.78 is 7.58. The van der Waals surface area contributed by atoms with Crippen molar-refractivity contribution in [3.63, 3.8) is 0 Å². The first kappa shape index (κ1) is 24.9. The number of rotatable bonds is 6. The van der Waals surface area contributed by atoms with Crippen molar-refractivity contribution in [2.45, 2.75) is 47.1 Å². The lowest BCUT2D eigenvalue weighted by molar-refractivity contribution is -0.135. The lowest BCUT2D eigenvalue weighted by atomic mass is 9.91. The number of para-hydroxylation sites is 3. The van der Waals surface area contributed by atoms with E-state index in [1.807, 2.05) is 60.4 Å². The third-order valence-electron chi connectivity index (χ3n) is 6.48. The fraction of sp³-hybridized carbons (Fsp3) is 0.464. The summed E-state index contributed by atoms with van der Waals surface area (Å²) >= 11 is 0. The van der Waals surface area contributed by atoms with Crippen LogP contribution in [0.1, 0.15) is 52.9 Å². The normalized spacial score (nSPS) is 15.9. The molecule has 0 spiro atoms. The van der Waals surface area contributed by atoms with Crippen molar-refractivity contribution >= 4 is 16.8 Å². The summed E-state index contributed by atoms with van der Waals surface area (Å²) in [5.74, 6) is 1.53. The predicted molar refractivity (Wildman–Crippen MR) is 139 cm³/mol. The highest BCUT2D eigenvalue weighted by molar-refractivity contribution is 5.78. The number of hydrogen-bond acceptors (Lipinski definition) is 5. The van der Waals surface area contributed by atoms with Gasteiger partial charge in [-0.1, -0.05) is 45.0 Å². The minimum atomic E-state index is -0.123. The molecule has 1 aliphatic rings. The molecule has 186 valence electrons. The summed E-state index contributed by atoms with van der Waals surface area (Å²) in [6.07, 6.45) is 0.544. The van der Waals surface area contributed by atoms with Gasteiger partial charge in [0.2, 0.25) is 5.91 Å². The van der Waals surface area contributed by atoms with Gasteiger partial charge in [0.05, 0.1) is 29.2 Å². The first-order valence-electron chi connectivity index (χ1n) is 12.5. The minimum Gasteiger partial charge on any atom is -0.492 e. The lowest BCUT2D eigenvalue weighted by Gasteiger charge is -2.39. The van der Waals surface area contributed by atoms with Gasteiger partial charge in [-0.05, 0) is 43.5 Å². The molecule has 1 amide bonds. The van der Waals surface area contributed by atoms with Crippen LogP contribution in [0.15, 0.2) is 53.3 Å². The average Bonchev–Trinajstić information content (AvgIpc) is 2.83. The Bertz CT molecular complexity index is 1250. The van der Waals surface area contributed by atoms with Crippen LogP contribution in [0, 0.1) is 5.41 Å². The van der Waals surface area contributed by atoms with Crippen molar-refractivity contribution < 1.29 is 9.53 Å². The van der Waals surface area contributed by atoms with E-state index < -0.39 is 0 Å². The fourth-order valence-corrected chi connectivity index (χ4v) is 4.67. The third-order valence-corrected chi connectivity index (χ3v) is 6.48. The van der Waals surface area contributed by atoms with E-state index in [2.05, 4.69) is 32.6 Å². The van der Waals surface area contributed by atoms with Crippen LogP contribution >= 0.6 is 0 Å². The second kappa shape index (κ2) is 10.2. The van der Waals surface area contributed by atoms with E-state index in [1.54, 1.807) is 4.57 Å². The molecule has 1 saturated heterocycles. The monoisotopic (exact) mass is 476 g/mol. The molecular formula is C28H36N4O3. The van der Waals surface area contributed by atoms with Crippen LogP contribution in [0.25, 0.3) is 16.6 Å². The Kier molecular flexibility index (Phi) is 7.26. The second-order valence-electron chi connectivity index (χ2n) is 10.4. The van der Waals surface area contributed by atoms with Crippen molar-refractivity contribution in [2.75, 3.05) is 32.8 Å². The molecule has 7 nitrogen and oxygen atoms in total. The Morgan fingerprint density at radius 1 is 1.03 bits per heavy atom. The molecule has 2 aromatic carbocycles. The van der Waals surface area contributed by atoms with Crippen LogP contribution in [-0.2, 0) is 4.79 Å². The number of carbonyl (C=O) groups excluding carboxylic acids is 1. The van der Waals surface area contributed by atoms with Crippen LogP contribution in [0.3, 0.4) is 0 Å². The highest BCUT2D eigenvalue weighted by Gasteiger charge is 2.30. The zero-order valence-electron chi connectivity index (χ0n) is 21.5. The van der Waals surface area contributed by atoms with Crippen molar-refractivity contribution in [2.24, 2.45) is 5.41 Å². The third kappa shape index (κ3) is 5.40. The fourth-order valence-electron chi connectivity index (χ4n) is 4.67. The first-order chi connectivity index (χ1) is 16.7. The Hall–Kier alpha value is -3.19. The Morgan fingerprint density at radius 2 is 1.69 bits per heavy atom. The molecule has 0 saturated carbocycles. The maximum absolute atomic E-state index is 13.8. The quantitative estimate of drug-likeness (QED) is 0.527. The van der Waals surface area contributed by atoms with Gasteiger partial charge >= 0.3 is 0 Å². The number of aromatic nitrogens is 2. The summed E-state index contributed by atoms with van der Waals surface area (Å²) in [7, 11) is 0. The van der Waals surface area contributed by atoms with E-state index in [4.69, 9.17) is 9.72 Å². The van der Waals surface area contributed by atoms with Gasteiger partial charge in [0.15, 0.2) is 0 Å². The molecule has 1 atom stereocenters. The van der Waals surface area contributed by atoms with E-state index in [9.17, 15) is 9.59 Å². The molecule has 0 N–H and O–H groups in total. The molecule has 2 heterocycles. The number of benzene rings is 2. The van der Waals surface area contributed by atoms with Gasteiger partial charge in [-0.15, -0.1) is 0 Å². The van der Waals surface area contributed by atoms with E-state index >= 15 is 0 Å². The first-order valence-corrected chi connectivity index (χ1v) is 12.5. The molecule has 0 bridgehead atoms. The Labute approximate surface area is 207 Å². The Balaban J connectivity index is 1.70. The second-order valence-corrected chi connectivity index (χ2v) is 10.4. The number of amides is 1. The maximum Gasteiger partial charge on any atom is 0.266 e. The predicted octanol–water partition coefficient (Wildman–Crippen LogP) is 4.43. The van der Waals surface area contributed by atoms with Gasteiger partial charge < -0.3 is 9.64 Å². The topological polar surface area (TPSA) is 67.7 Å². The molecule has 35 heavy (non-hydrogen) atoms. The molecule has 3 aromatic rings. The van der Waals surface area contributed by atoms with E-state index in [-0.39, 0.29) is 22.9 Å². The van der Waals surface area contributed by atoms with Gasteiger partial charge in [0.1, 0.15) is 11.6 Å². The maximum atomic E-state index is 13.8. The van der Waals surface area contributed by atoms with Crippen LogP contribution in [0.2, 0.25) is 0 Å². The number of fused-ring (bicyclic) bond motifs is 1. The van der Waals surface area contributed by atoms with Gasteiger partial charge in [-0.2, -0.15) is 0 Å². The van der Waals surface area contributed by atoms with Crippen LogP contribution < -0.4 is 10.3 Å². The SMILES string of the molecule is CCOc1ccccc1-n1c(C(C)N2CCN(C(=O)CC(C)(C)C)CC2)nc2ccccc2c1=O. The summed E-state index contributed by atoms with van der Waals surface area (Å²) in [5.41, 5.74) is 1.24. The molecule has 7 heteroatoms. The highest BCUT2D eigenvalue weighted by Crippen LogP contribution is 2.28. The smallest absolute Gasteiger partial charge is 0.266 e. The zero-order chi connectivity index (χ0) is 25.2. The number of nitrogens with zero attached hydrogens (tertiary/aromatic N) is 4. The van der Waals surface area contributed by atoms with Crippen LogP contribution in [0.5, 0.6) is 5.75 Å². The van der Waals surface area contributed by atoms with Gasteiger partial charge in [0, 0.05) is 32.6 Å². The van der Waals surface area contributed by atoms with Crippen molar-refractivity contribution in [1.82, 2.24) is 19.4 Å². The van der Waals surface area contributed by atoms with Gasteiger partial charge in [-0.3, -0.25) is 19.1 Å². The minimum absolute atomic E-state index is 0.0272. The van der Waals surface area contributed by atoms with Crippen LogP contribution in [-0.4, -0.2) is 58.0 Å². The van der Waals surface area contributed by atoms with Crippen molar-refractivity contribution in [1.29, 1.82) is 0 Å². The number of ether oxygens (including phenoxy) is 1. The number of carbonyl (C=O) groups is 1. The molecule has 1 aliphatic heterocycles. The van der Waals surface area contributed by atoms with Crippen LogP contribution in [0.4, 0.5) is 0 Å².